The number of anilines is 3. The highest BCUT2D eigenvalue weighted by Gasteiger charge is 2.52. The third-order valence-corrected chi connectivity index (χ3v) is 7.64. The van der Waals surface area contributed by atoms with Crippen LogP contribution in [-0.4, -0.2) is 65.1 Å². The third kappa shape index (κ3) is 4.15. The molecule has 0 bridgehead atoms. The first kappa shape index (κ1) is 22.4. The first-order valence-corrected chi connectivity index (χ1v) is 12.8. The fourth-order valence-corrected chi connectivity index (χ4v) is 5.12. The summed E-state index contributed by atoms with van der Waals surface area (Å²) in [6.45, 7) is 3.70. The number of ether oxygens (including phenoxy) is 1. The monoisotopic (exact) mass is 501 g/mol. The molecule has 0 unspecified atom stereocenters. The molecule has 2 saturated carbocycles. The van der Waals surface area contributed by atoms with Gasteiger partial charge in [-0.15, -0.1) is 0 Å². The number of amides is 1. The van der Waals surface area contributed by atoms with Gasteiger partial charge in [0.2, 0.25) is 5.95 Å². The summed E-state index contributed by atoms with van der Waals surface area (Å²) >= 11 is 0. The Balaban J connectivity index is 1.20. The Labute approximate surface area is 214 Å². The molecule has 0 radical (unpaired) electrons. The highest BCUT2D eigenvalue weighted by molar-refractivity contribution is 6.01. The van der Waals surface area contributed by atoms with Crippen molar-refractivity contribution in [3.8, 4) is 17.0 Å². The van der Waals surface area contributed by atoms with Gasteiger partial charge in [0.15, 0.2) is 11.6 Å². The zero-order valence-electron chi connectivity index (χ0n) is 20.6. The van der Waals surface area contributed by atoms with Crippen LogP contribution in [0.4, 0.5) is 21.8 Å². The van der Waals surface area contributed by atoms with E-state index in [4.69, 9.17) is 4.74 Å². The molecule has 1 saturated heterocycles. The highest BCUT2D eigenvalue weighted by Crippen LogP contribution is 2.50. The average Bonchev–Trinajstić information content (AvgIpc) is 3.83. The van der Waals surface area contributed by atoms with Crippen LogP contribution < -0.4 is 20.3 Å². The summed E-state index contributed by atoms with van der Waals surface area (Å²) in [4.78, 5) is 30.4. The summed E-state index contributed by atoms with van der Waals surface area (Å²) in [5.41, 5.74) is 2.73. The number of piperazine rings is 1. The highest BCUT2D eigenvalue weighted by atomic mass is 19.1. The molecule has 3 fully saturated rings. The van der Waals surface area contributed by atoms with Crippen LogP contribution in [0.1, 0.15) is 41.6 Å². The second-order valence-electron chi connectivity index (χ2n) is 10.5. The SMILES string of the molecule is CN1CCN(c2cc(Nc3ncc(F)c(-c4ccc5c(c4)C(=O)NC54CC4)n3)c(OC3CC3)cn2)CC1. The van der Waals surface area contributed by atoms with Gasteiger partial charge in [-0.2, -0.15) is 0 Å². The van der Waals surface area contributed by atoms with Gasteiger partial charge in [0, 0.05) is 43.4 Å². The van der Waals surface area contributed by atoms with Crippen LogP contribution >= 0.6 is 0 Å². The zero-order chi connectivity index (χ0) is 25.1. The molecule has 37 heavy (non-hydrogen) atoms. The molecule has 0 atom stereocenters. The van der Waals surface area contributed by atoms with Gasteiger partial charge in [0.25, 0.3) is 5.91 Å². The largest absolute Gasteiger partial charge is 0.487 e. The van der Waals surface area contributed by atoms with E-state index in [0.29, 0.717) is 22.6 Å². The van der Waals surface area contributed by atoms with E-state index in [-0.39, 0.29) is 29.2 Å². The predicted octanol–water partition coefficient (Wildman–Crippen LogP) is 3.45. The lowest BCUT2D eigenvalue weighted by atomic mass is 9.99. The zero-order valence-corrected chi connectivity index (χ0v) is 20.6. The van der Waals surface area contributed by atoms with Crippen LogP contribution in [0.15, 0.2) is 36.7 Å². The van der Waals surface area contributed by atoms with Gasteiger partial charge in [0.1, 0.15) is 11.5 Å². The number of rotatable bonds is 6. The number of hydrogen-bond donors (Lipinski definition) is 2. The molecule has 190 valence electrons. The van der Waals surface area contributed by atoms with E-state index >= 15 is 0 Å². The molecule has 2 aromatic heterocycles. The predicted molar refractivity (Wildman–Crippen MR) is 137 cm³/mol. The molecule has 2 aliphatic heterocycles. The van der Waals surface area contributed by atoms with Crippen molar-refractivity contribution >= 4 is 23.4 Å². The number of carbonyl (C=O) groups is 1. The molecule has 1 aromatic carbocycles. The Bertz CT molecular complexity index is 1400. The van der Waals surface area contributed by atoms with Crippen molar-refractivity contribution in [3.63, 3.8) is 0 Å². The lowest BCUT2D eigenvalue weighted by Crippen LogP contribution is -2.44. The molecule has 2 aliphatic carbocycles. The van der Waals surface area contributed by atoms with Gasteiger partial charge < -0.3 is 25.2 Å². The number of nitrogens with zero attached hydrogens (tertiary/aromatic N) is 5. The van der Waals surface area contributed by atoms with E-state index < -0.39 is 5.82 Å². The number of fused-ring (bicyclic) bond motifs is 2. The summed E-state index contributed by atoms with van der Waals surface area (Å²) in [5.74, 6) is 1.05. The van der Waals surface area contributed by atoms with Crippen LogP contribution in [0.3, 0.4) is 0 Å². The Kier molecular flexibility index (Phi) is 5.07. The van der Waals surface area contributed by atoms with E-state index in [1.807, 2.05) is 18.2 Å². The Morgan fingerprint density at radius 3 is 2.68 bits per heavy atom. The molecule has 3 aromatic rings. The van der Waals surface area contributed by atoms with E-state index in [1.54, 1.807) is 12.3 Å². The minimum Gasteiger partial charge on any atom is -0.487 e. The van der Waals surface area contributed by atoms with Gasteiger partial charge in [-0.05, 0) is 44.4 Å². The molecule has 1 amide bonds. The Morgan fingerprint density at radius 2 is 1.92 bits per heavy atom. The minimum absolute atomic E-state index is 0.114. The topological polar surface area (TPSA) is 95.5 Å². The first-order valence-electron chi connectivity index (χ1n) is 12.8. The Hall–Kier alpha value is -3.79. The second-order valence-corrected chi connectivity index (χ2v) is 10.5. The number of benzene rings is 1. The van der Waals surface area contributed by atoms with Crippen molar-refractivity contribution in [1.82, 2.24) is 25.2 Å². The lowest BCUT2D eigenvalue weighted by Gasteiger charge is -2.33. The summed E-state index contributed by atoms with van der Waals surface area (Å²) in [6.07, 6.45) is 7.00. The maximum absolute atomic E-state index is 14.9. The molecule has 4 heterocycles. The van der Waals surface area contributed by atoms with E-state index in [0.717, 1.165) is 69.4 Å². The van der Waals surface area contributed by atoms with Crippen LogP contribution in [0.25, 0.3) is 11.3 Å². The Morgan fingerprint density at radius 1 is 1.11 bits per heavy atom. The van der Waals surface area contributed by atoms with Gasteiger partial charge >= 0.3 is 0 Å². The minimum atomic E-state index is -0.549. The van der Waals surface area contributed by atoms with E-state index in [1.165, 1.54) is 0 Å². The van der Waals surface area contributed by atoms with Crippen LogP contribution in [0.2, 0.25) is 0 Å². The maximum Gasteiger partial charge on any atom is 0.252 e. The van der Waals surface area contributed by atoms with Crippen molar-refractivity contribution in [1.29, 1.82) is 0 Å². The first-order chi connectivity index (χ1) is 18.0. The third-order valence-electron chi connectivity index (χ3n) is 7.64. The van der Waals surface area contributed by atoms with Crippen molar-refractivity contribution < 1.29 is 13.9 Å². The fourth-order valence-electron chi connectivity index (χ4n) is 5.12. The van der Waals surface area contributed by atoms with Crippen molar-refractivity contribution in [2.75, 3.05) is 43.4 Å². The molecule has 4 aliphatic rings. The summed E-state index contributed by atoms with van der Waals surface area (Å²) in [5, 5.41) is 6.31. The van der Waals surface area contributed by atoms with Gasteiger partial charge in [-0.1, -0.05) is 12.1 Å². The van der Waals surface area contributed by atoms with Gasteiger partial charge in [-0.25, -0.2) is 19.3 Å². The number of nitrogens with one attached hydrogen (secondary N) is 2. The van der Waals surface area contributed by atoms with E-state index in [2.05, 4.69) is 42.4 Å². The number of pyridine rings is 1. The van der Waals surface area contributed by atoms with E-state index in [9.17, 15) is 9.18 Å². The molecular formula is C27H28FN7O2. The van der Waals surface area contributed by atoms with Crippen LogP contribution in [0.5, 0.6) is 5.75 Å². The number of hydrogen-bond acceptors (Lipinski definition) is 8. The van der Waals surface area contributed by atoms with Crippen molar-refractivity contribution in [2.24, 2.45) is 0 Å². The molecule has 10 heteroatoms. The number of carbonyl (C=O) groups excluding carboxylic acids is 1. The average molecular weight is 502 g/mol. The smallest absolute Gasteiger partial charge is 0.252 e. The molecule has 1 spiro atoms. The normalized spacial score (nSPS) is 20.1. The standard InChI is InChI=1S/C27H28FN7O2/c1-34-8-10-35(11-9-34)23-13-21(22(15-29-23)37-17-3-4-17)31-26-30-14-20(28)24(32-26)16-2-5-19-18(12-16)25(36)33-27(19)6-7-27/h2,5,12-15,17H,3-4,6-11H2,1H3,(H,33,36)(H,29,30,31,32). The summed E-state index contributed by atoms with van der Waals surface area (Å²) in [7, 11) is 2.12. The summed E-state index contributed by atoms with van der Waals surface area (Å²) in [6, 6.07) is 7.42. The maximum atomic E-state index is 14.9. The van der Waals surface area contributed by atoms with Crippen molar-refractivity contribution in [2.45, 2.75) is 37.3 Å². The van der Waals surface area contributed by atoms with Crippen LogP contribution in [0, 0.1) is 5.82 Å². The van der Waals surface area contributed by atoms with Gasteiger partial charge in [-0.3, -0.25) is 4.79 Å². The number of halogens is 1. The van der Waals surface area contributed by atoms with Crippen LogP contribution in [-0.2, 0) is 5.54 Å². The molecular weight excluding hydrogens is 473 g/mol. The van der Waals surface area contributed by atoms with Crippen molar-refractivity contribution in [3.05, 3.63) is 53.6 Å². The summed E-state index contributed by atoms with van der Waals surface area (Å²) < 4.78 is 21.0. The molecule has 9 nitrogen and oxygen atoms in total. The second kappa shape index (κ2) is 8.37. The molecule has 7 rings (SSSR count). The fraction of sp³-hybridized carbons (Fsp3) is 0.407. The quantitative estimate of drug-likeness (QED) is 0.531. The number of likely N-dealkylation sites (N-methyl/N-ethyl adjacent to an activating group) is 1. The molecule has 2 N–H and O–H groups in total. The number of aromatic nitrogens is 3. The lowest BCUT2D eigenvalue weighted by molar-refractivity contribution is 0.0952. The van der Waals surface area contributed by atoms with Gasteiger partial charge in [0.05, 0.1) is 29.7 Å².